The van der Waals surface area contributed by atoms with Crippen LogP contribution in [0.1, 0.15) is 18.4 Å². The van der Waals surface area contributed by atoms with Crippen LogP contribution in [0.15, 0.2) is 48.5 Å². The lowest BCUT2D eigenvalue weighted by Gasteiger charge is -2.35. The molecule has 0 saturated carbocycles. The molecule has 2 saturated heterocycles. The zero-order valence-corrected chi connectivity index (χ0v) is 17.3. The number of ether oxygens (including phenoxy) is 2. The molecule has 7 nitrogen and oxygen atoms in total. The van der Waals surface area contributed by atoms with Crippen LogP contribution in [-0.2, 0) is 16.1 Å². The highest BCUT2D eigenvalue weighted by Gasteiger charge is 2.31. The van der Waals surface area contributed by atoms with Gasteiger partial charge in [0.05, 0.1) is 0 Å². The van der Waals surface area contributed by atoms with E-state index in [1.807, 2.05) is 0 Å². The van der Waals surface area contributed by atoms with E-state index in [-0.39, 0.29) is 23.9 Å². The number of benzene rings is 2. The SMILES string of the molecule is O=C(Nc1cccc(OCc2ccc(F)cc2)c1)N1CCN(C(=O)[C@H]2CCCO2)CC1. The monoisotopic (exact) mass is 427 g/mol. The first-order valence-electron chi connectivity index (χ1n) is 10.5. The average molecular weight is 427 g/mol. The van der Waals surface area contributed by atoms with Crippen molar-refractivity contribution in [1.29, 1.82) is 0 Å². The number of hydrogen-bond donors (Lipinski definition) is 1. The summed E-state index contributed by atoms with van der Waals surface area (Å²) in [4.78, 5) is 28.5. The molecule has 31 heavy (non-hydrogen) atoms. The summed E-state index contributed by atoms with van der Waals surface area (Å²) in [5.74, 6) is 0.350. The molecule has 0 radical (unpaired) electrons. The van der Waals surface area contributed by atoms with Gasteiger partial charge in [-0.25, -0.2) is 9.18 Å². The first-order chi connectivity index (χ1) is 15.1. The van der Waals surface area contributed by atoms with Crippen LogP contribution in [0.2, 0.25) is 0 Å². The molecular formula is C23H26FN3O4. The molecule has 2 aliphatic heterocycles. The molecule has 2 aliphatic rings. The molecule has 164 valence electrons. The van der Waals surface area contributed by atoms with E-state index >= 15 is 0 Å². The van der Waals surface area contributed by atoms with Crippen LogP contribution >= 0.6 is 0 Å². The number of nitrogens with one attached hydrogen (secondary N) is 1. The smallest absolute Gasteiger partial charge is 0.321 e. The van der Waals surface area contributed by atoms with Gasteiger partial charge in [0.15, 0.2) is 0 Å². The summed E-state index contributed by atoms with van der Waals surface area (Å²) in [5, 5.41) is 2.89. The summed E-state index contributed by atoms with van der Waals surface area (Å²) in [5.41, 5.74) is 1.48. The van der Waals surface area contributed by atoms with E-state index in [0.717, 1.165) is 18.4 Å². The number of urea groups is 1. The van der Waals surface area contributed by atoms with Crippen LogP contribution in [0, 0.1) is 5.82 Å². The Hall–Kier alpha value is -3.13. The molecule has 2 fully saturated rings. The predicted octanol–water partition coefficient (Wildman–Crippen LogP) is 3.26. The summed E-state index contributed by atoms with van der Waals surface area (Å²) >= 11 is 0. The Kier molecular flexibility index (Phi) is 6.66. The lowest BCUT2D eigenvalue weighted by atomic mass is 10.2. The van der Waals surface area contributed by atoms with Crippen molar-refractivity contribution in [1.82, 2.24) is 9.80 Å². The van der Waals surface area contributed by atoms with Crippen molar-refractivity contribution < 1.29 is 23.5 Å². The van der Waals surface area contributed by atoms with Crippen molar-refractivity contribution in [2.24, 2.45) is 0 Å². The Labute approximate surface area is 180 Å². The Morgan fingerprint density at radius 1 is 1.06 bits per heavy atom. The summed E-state index contributed by atoms with van der Waals surface area (Å²) in [6.07, 6.45) is 1.38. The van der Waals surface area contributed by atoms with Gasteiger partial charge in [0.2, 0.25) is 0 Å². The normalized spacial score (nSPS) is 18.7. The molecular weight excluding hydrogens is 401 g/mol. The fourth-order valence-corrected chi connectivity index (χ4v) is 3.72. The van der Waals surface area contributed by atoms with Crippen LogP contribution in [-0.4, -0.2) is 60.6 Å². The molecule has 2 aromatic rings. The van der Waals surface area contributed by atoms with Crippen molar-refractivity contribution in [3.63, 3.8) is 0 Å². The average Bonchev–Trinajstić information content (AvgIpc) is 3.34. The summed E-state index contributed by atoms with van der Waals surface area (Å²) in [6.45, 7) is 2.92. The highest BCUT2D eigenvalue weighted by Crippen LogP contribution is 2.20. The van der Waals surface area contributed by atoms with E-state index < -0.39 is 0 Å². The quantitative estimate of drug-likeness (QED) is 0.795. The minimum atomic E-state index is -0.321. The van der Waals surface area contributed by atoms with Crippen molar-refractivity contribution >= 4 is 17.6 Å². The number of carbonyl (C=O) groups is 2. The molecule has 0 bridgehead atoms. The van der Waals surface area contributed by atoms with Crippen LogP contribution in [0.4, 0.5) is 14.9 Å². The first kappa shape index (κ1) is 21.1. The van der Waals surface area contributed by atoms with Crippen molar-refractivity contribution in [2.75, 3.05) is 38.1 Å². The van der Waals surface area contributed by atoms with Crippen molar-refractivity contribution in [3.05, 3.63) is 59.9 Å². The molecule has 0 aliphatic carbocycles. The van der Waals surface area contributed by atoms with E-state index in [0.29, 0.717) is 50.8 Å². The number of hydrogen-bond acceptors (Lipinski definition) is 4. The largest absolute Gasteiger partial charge is 0.489 e. The van der Waals surface area contributed by atoms with Gasteiger partial charge < -0.3 is 24.6 Å². The maximum Gasteiger partial charge on any atom is 0.321 e. The topological polar surface area (TPSA) is 71.1 Å². The lowest BCUT2D eigenvalue weighted by Crippen LogP contribution is -2.53. The molecule has 1 atom stereocenters. The second kappa shape index (κ2) is 9.78. The molecule has 0 spiro atoms. The summed E-state index contributed by atoms with van der Waals surface area (Å²) in [7, 11) is 0. The number of carbonyl (C=O) groups excluding carboxylic acids is 2. The summed E-state index contributed by atoms with van der Waals surface area (Å²) in [6, 6.07) is 13.1. The second-order valence-corrected chi connectivity index (χ2v) is 7.69. The fourth-order valence-electron chi connectivity index (χ4n) is 3.72. The second-order valence-electron chi connectivity index (χ2n) is 7.69. The number of halogens is 1. The van der Waals surface area contributed by atoms with Gasteiger partial charge in [0, 0.05) is 44.5 Å². The van der Waals surface area contributed by atoms with Gasteiger partial charge in [0.25, 0.3) is 5.91 Å². The van der Waals surface area contributed by atoms with Gasteiger partial charge in [-0.1, -0.05) is 18.2 Å². The van der Waals surface area contributed by atoms with Gasteiger partial charge in [-0.15, -0.1) is 0 Å². The molecule has 3 amide bonds. The van der Waals surface area contributed by atoms with Crippen LogP contribution in [0.5, 0.6) is 5.75 Å². The zero-order chi connectivity index (χ0) is 21.6. The van der Waals surface area contributed by atoms with E-state index in [9.17, 15) is 14.0 Å². The van der Waals surface area contributed by atoms with Gasteiger partial charge in [0.1, 0.15) is 24.3 Å². The minimum absolute atomic E-state index is 0.0311. The lowest BCUT2D eigenvalue weighted by molar-refractivity contribution is -0.142. The van der Waals surface area contributed by atoms with Crippen LogP contribution < -0.4 is 10.1 Å². The summed E-state index contributed by atoms with van der Waals surface area (Å²) < 4.78 is 24.2. The third-order valence-electron chi connectivity index (χ3n) is 5.49. The molecule has 2 heterocycles. The van der Waals surface area contributed by atoms with Crippen molar-refractivity contribution in [2.45, 2.75) is 25.6 Å². The van der Waals surface area contributed by atoms with Crippen LogP contribution in [0.3, 0.4) is 0 Å². The van der Waals surface area contributed by atoms with E-state index in [4.69, 9.17) is 9.47 Å². The Bertz CT molecular complexity index is 907. The van der Waals surface area contributed by atoms with Gasteiger partial charge >= 0.3 is 6.03 Å². The molecule has 2 aromatic carbocycles. The Morgan fingerprint density at radius 2 is 1.81 bits per heavy atom. The third-order valence-corrected chi connectivity index (χ3v) is 5.49. The molecule has 8 heteroatoms. The Morgan fingerprint density at radius 3 is 2.52 bits per heavy atom. The van der Waals surface area contributed by atoms with Gasteiger partial charge in [-0.2, -0.15) is 0 Å². The standard InChI is InChI=1S/C23H26FN3O4/c24-18-8-6-17(7-9-18)16-31-20-4-1-3-19(15-20)25-23(29)27-12-10-26(11-13-27)22(28)21-5-2-14-30-21/h1,3-4,6-9,15,21H,2,5,10-14,16H2,(H,25,29)/t21-/m1/s1. The number of piperazine rings is 1. The minimum Gasteiger partial charge on any atom is -0.489 e. The Balaban J connectivity index is 1.26. The highest BCUT2D eigenvalue weighted by molar-refractivity contribution is 5.90. The maximum absolute atomic E-state index is 13.0. The maximum atomic E-state index is 13.0. The fraction of sp³-hybridized carbons (Fsp3) is 0.391. The first-order valence-corrected chi connectivity index (χ1v) is 10.5. The molecule has 4 rings (SSSR count). The van der Waals surface area contributed by atoms with E-state index in [1.54, 1.807) is 46.2 Å². The van der Waals surface area contributed by atoms with Gasteiger partial charge in [-0.05, 0) is 42.7 Å². The number of nitrogens with zero attached hydrogens (tertiary/aromatic N) is 2. The van der Waals surface area contributed by atoms with E-state index in [2.05, 4.69) is 5.32 Å². The van der Waals surface area contributed by atoms with Crippen LogP contribution in [0.25, 0.3) is 0 Å². The molecule has 0 aromatic heterocycles. The molecule has 1 N–H and O–H groups in total. The highest BCUT2D eigenvalue weighted by atomic mass is 19.1. The molecule has 0 unspecified atom stereocenters. The van der Waals surface area contributed by atoms with E-state index in [1.165, 1.54) is 12.1 Å². The van der Waals surface area contributed by atoms with Crippen molar-refractivity contribution in [3.8, 4) is 5.75 Å². The number of amides is 3. The predicted molar refractivity (Wildman–Crippen MR) is 113 cm³/mol. The number of rotatable bonds is 5. The van der Waals surface area contributed by atoms with Gasteiger partial charge in [-0.3, -0.25) is 4.79 Å². The zero-order valence-electron chi connectivity index (χ0n) is 17.3. The number of anilines is 1. The third kappa shape index (κ3) is 5.52.